The van der Waals surface area contributed by atoms with Crippen LogP contribution in [0, 0.1) is 0 Å². The minimum atomic E-state index is -3.30. The molecule has 174 valence electrons. The number of piperidine rings is 1. The van der Waals surface area contributed by atoms with Crippen molar-refractivity contribution in [3.8, 4) is 17.2 Å². The number of nitrogens with zero attached hydrogens (tertiary/aromatic N) is 3. The topological polar surface area (TPSA) is 123 Å². The first kappa shape index (κ1) is 23.4. The Kier molecular flexibility index (Phi) is 6.55. The molecule has 33 heavy (non-hydrogen) atoms. The van der Waals surface area contributed by atoms with Crippen molar-refractivity contribution >= 4 is 31.9 Å². The Morgan fingerprint density at radius 3 is 2.55 bits per heavy atom. The molecule has 1 N–H and O–H groups in total. The fraction of sp³-hybridized carbons (Fsp3) is 0.318. The van der Waals surface area contributed by atoms with Crippen molar-refractivity contribution in [2.75, 3.05) is 26.0 Å². The van der Waals surface area contributed by atoms with E-state index in [1.165, 1.54) is 10.6 Å². The van der Waals surface area contributed by atoms with Gasteiger partial charge in [-0.25, -0.2) is 17.5 Å². The summed E-state index contributed by atoms with van der Waals surface area (Å²) in [6.07, 6.45) is 2.19. The Labute approximate surface area is 199 Å². The lowest BCUT2D eigenvalue weighted by Gasteiger charge is -2.39. The monoisotopic (exact) mass is 535 g/mol. The fourth-order valence-corrected chi connectivity index (χ4v) is 5.27. The molecule has 0 aliphatic carbocycles. The molecule has 0 saturated carbocycles. The number of carboxylic acids is 1. The quantitative estimate of drug-likeness (QED) is 0.488. The van der Waals surface area contributed by atoms with Gasteiger partial charge in [0.15, 0.2) is 12.4 Å². The molecule has 0 atom stereocenters. The Balaban J connectivity index is 1.73. The maximum absolute atomic E-state index is 12.1. The summed E-state index contributed by atoms with van der Waals surface area (Å²) in [6.45, 7) is 0.161. The maximum Gasteiger partial charge on any atom is 0.341 e. The van der Waals surface area contributed by atoms with Crippen molar-refractivity contribution in [1.29, 1.82) is 0 Å². The number of aliphatic carboxylic acids is 1. The van der Waals surface area contributed by atoms with Gasteiger partial charge in [0.1, 0.15) is 5.75 Å². The van der Waals surface area contributed by atoms with E-state index >= 15 is 0 Å². The molecule has 11 heteroatoms. The van der Waals surface area contributed by atoms with Crippen molar-refractivity contribution in [3.63, 3.8) is 0 Å². The van der Waals surface area contributed by atoms with Gasteiger partial charge in [0, 0.05) is 17.6 Å². The van der Waals surface area contributed by atoms with Crippen LogP contribution in [0.2, 0.25) is 0 Å². The number of carboxylic acid groups (broad SMARTS) is 1. The third-order valence-corrected chi connectivity index (χ3v) is 7.55. The zero-order valence-corrected chi connectivity index (χ0v) is 20.2. The second-order valence-corrected chi connectivity index (χ2v) is 10.8. The number of hydrogen-bond acceptors (Lipinski definition) is 7. The molecule has 0 amide bonds. The lowest BCUT2D eigenvalue weighted by molar-refractivity contribution is -0.139. The van der Waals surface area contributed by atoms with E-state index in [4.69, 9.17) is 14.4 Å². The largest absolute Gasteiger partial charge is 0.481 e. The molecule has 0 bridgehead atoms. The van der Waals surface area contributed by atoms with Crippen molar-refractivity contribution in [2.45, 2.75) is 18.3 Å². The molecule has 2 aromatic carbocycles. The summed E-state index contributed by atoms with van der Waals surface area (Å²) in [5.41, 5.74) is 0.807. The highest BCUT2D eigenvalue weighted by Gasteiger charge is 2.43. The second-order valence-electron chi connectivity index (χ2n) is 7.86. The Hall–Kier alpha value is -2.76. The predicted molar refractivity (Wildman–Crippen MR) is 123 cm³/mol. The van der Waals surface area contributed by atoms with Crippen LogP contribution in [-0.4, -0.2) is 59.9 Å². The van der Waals surface area contributed by atoms with Crippen LogP contribution < -0.4 is 4.74 Å². The van der Waals surface area contributed by atoms with E-state index in [1.807, 2.05) is 30.3 Å². The van der Waals surface area contributed by atoms with Crippen LogP contribution in [0.15, 0.2) is 57.5 Å². The molecule has 0 radical (unpaired) electrons. The van der Waals surface area contributed by atoms with Crippen LogP contribution in [0.5, 0.6) is 5.75 Å². The van der Waals surface area contributed by atoms with Gasteiger partial charge < -0.3 is 14.4 Å². The first-order chi connectivity index (χ1) is 15.7. The summed E-state index contributed by atoms with van der Waals surface area (Å²) in [7, 11) is -3.30. The summed E-state index contributed by atoms with van der Waals surface area (Å²) in [6, 6.07) is 14.8. The zero-order chi connectivity index (χ0) is 23.6. The van der Waals surface area contributed by atoms with Crippen LogP contribution in [0.3, 0.4) is 0 Å². The maximum atomic E-state index is 12.1. The summed E-state index contributed by atoms with van der Waals surface area (Å²) in [5, 5.41) is 13.2. The molecular formula is C22H22BrN3O6S. The lowest BCUT2D eigenvalue weighted by atomic mass is 9.72. The third-order valence-electron chi connectivity index (χ3n) is 5.75. The van der Waals surface area contributed by atoms with E-state index in [2.05, 4.69) is 26.1 Å². The number of aromatic nitrogens is 2. The van der Waals surface area contributed by atoms with E-state index in [-0.39, 0.29) is 5.89 Å². The standard InChI is InChI=1S/C22H22BrN3O6S/c1-33(29,30)26-11-9-22(10-12-26,15-5-3-2-4-6-15)21-24-20(32-25-21)17-13-16(23)7-8-18(17)31-14-19(27)28/h2-8,13H,9-12,14H2,1H3,(H,27,28). The van der Waals surface area contributed by atoms with Gasteiger partial charge in [-0.05, 0) is 36.6 Å². The molecular weight excluding hydrogens is 514 g/mol. The molecule has 9 nitrogen and oxygen atoms in total. The van der Waals surface area contributed by atoms with Gasteiger partial charge in [-0.1, -0.05) is 51.4 Å². The van der Waals surface area contributed by atoms with E-state index in [0.29, 0.717) is 43.1 Å². The van der Waals surface area contributed by atoms with E-state index in [0.717, 1.165) is 10.0 Å². The summed E-state index contributed by atoms with van der Waals surface area (Å²) in [4.78, 5) is 15.6. The van der Waals surface area contributed by atoms with E-state index in [9.17, 15) is 13.2 Å². The fourth-order valence-electron chi connectivity index (χ4n) is 4.06. The van der Waals surface area contributed by atoms with Gasteiger partial charge in [-0.2, -0.15) is 4.98 Å². The molecule has 4 rings (SSSR count). The number of halogens is 1. The van der Waals surface area contributed by atoms with Crippen LogP contribution in [0.25, 0.3) is 11.5 Å². The molecule has 3 aromatic rings. The number of carbonyl (C=O) groups is 1. The average Bonchev–Trinajstić information content (AvgIpc) is 3.29. The van der Waals surface area contributed by atoms with Crippen LogP contribution in [0.4, 0.5) is 0 Å². The summed E-state index contributed by atoms with van der Waals surface area (Å²) in [5.74, 6) is -0.166. The van der Waals surface area contributed by atoms with Gasteiger partial charge in [0.05, 0.1) is 17.2 Å². The highest BCUT2D eigenvalue weighted by atomic mass is 79.9. The average molecular weight is 536 g/mol. The molecule has 0 unspecified atom stereocenters. The lowest BCUT2D eigenvalue weighted by Crippen LogP contribution is -2.45. The molecule has 1 fully saturated rings. The summed E-state index contributed by atoms with van der Waals surface area (Å²) >= 11 is 3.41. The van der Waals surface area contributed by atoms with Gasteiger partial charge >= 0.3 is 5.97 Å². The SMILES string of the molecule is CS(=O)(=O)N1CCC(c2ccccc2)(c2noc(-c3cc(Br)ccc3OCC(=O)O)n2)CC1. The van der Waals surface area contributed by atoms with Crippen LogP contribution in [0.1, 0.15) is 24.2 Å². The highest BCUT2D eigenvalue weighted by molar-refractivity contribution is 9.10. The molecule has 1 saturated heterocycles. The van der Waals surface area contributed by atoms with Crippen molar-refractivity contribution in [1.82, 2.24) is 14.4 Å². The second kappa shape index (κ2) is 9.24. The van der Waals surface area contributed by atoms with Gasteiger partial charge in [0.2, 0.25) is 10.0 Å². The van der Waals surface area contributed by atoms with Crippen molar-refractivity contribution in [2.24, 2.45) is 0 Å². The van der Waals surface area contributed by atoms with Crippen molar-refractivity contribution < 1.29 is 27.6 Å². The molecule has 0 spiro atoms. The minimum Gasteiger partial charge on any atom is -0.481 e. The molecule has 1 aliphatic rings. The number of benzene rings is 2. The van der Waals surface area contributed by atoms with E-state index in [1.54, 1.807) is 18.2 Å². The molecule has 2 heterocycles. The van der Waals surface area contributed by atoms with Crippen molar-refractivity contribution in [3.05, 3.63) is 64.4 Å². The third kappa shape index (κ3) is 4.94. The number of sulfonamides is 1. The Bertz CT molecular complexity index is 1250. The van der Waals surface area contributed by atoms with E-state index < -0.39 is 28.0 Å². The Morgan fingerprint density at radius 2 is 1.91 bits per heavy atom. The smallest absolute Gasteiger partial charge is 0.341 e. The van der Waals surface area contributed by atoms with Gasteiger partial charge in [-0.3, -0.25) is 0 Å². The van der Waals surface area contributed by atoms with Crippen LogP contribution in [-0.2, 0) is 20.2 Å². The number of hydrogen-bond donors (Lipinski definition) is 1. The normalized spacial score (nSPS) is 16.4. The van der Waals surface area contributed by atoms with Gasteiger partial charge in [-0.15, -0.1) is 0 Å². The van der Waals surface area contributed by atoms with Crippen LogP contribution >= 0.6 is 15.9 Å². The summed E-state index contributed by atoms with van der Waals surface area (Å²) < 4.78 is 37.3. The number of ether oxygens (including phenoxy) is 1. The predicted octanol–water partition coefficient (Wildman–Crippen LogP) is 3.30. The zero-order valence-electron chi connectivity index (χ0n) is 17.8. The Morgan fingerprint density at radius 1 is 1.21 bits per heavy atom. The molecule has 1 aromatic heterocycles. The first-order valence-corrected chi connectivity index (χ1v) is 12.8. The molecule has 1 aliphatic heterocycles. The minimum absolute atomic E-state index is 0.188. The van der Waals surface area contributed by atoms with Gasteiger partial charge in [0.25, 0.3) is 5.89 Å². The highest BCUT2D eigenvalue weighted by Crippen LogP contribution is 2.42. The number of rotatable bonds is 7. The first-order valence-electron chi connectivity index (χ1n) is 10.2.